The minimum atomic E-state index is 0.104. The number of amides is 1. The highest BCUT2D eigenvalue weighted by Gasteiger charge is 2.14. The van der Waals surface area contributed by atoms with Crippen molar-refractivity contribution in [1.29, 1.82) is 0 Å². The molecule has 1 aromatic heterocycles. The van der Waals surface area contributed by atoms with Gasteiger partial charge in [-0.3, -0.25) is 4.79 Å². The summed E-state index contributed by atoms with van der Waals surface area (Å²) in [6.45, 7) is 7.55. The average Bonchev–Trinajstić information content (AvgIpc) is 2.95. The molecule has 20 heavy (non-hydrogen) atoms. The Hall–Kier alpha value is -1.68. The highest BCUT2D eigenvalue weighted by molar-refractivity contribution is 7.09. The Bertz CT molecular complexity index is 578. The van der Waals surface area contributed by atoms with E-state index in [9.17, 15) is 4.79 Å². The molecule has 0 atom stereocenters. The van der Waals surface area contributed by atoms with E-state index in [0.29, 0.717) is 0 Å². The van der Waals surface area contributed by atoms with Gasteiger partial charge in [0.25, 0.3) is 5.91 Å². The maximum Gasteiger partial charge on any atom is 0.253 e. The number of aryl methyl sites for hydroxylation is 2. The number of carbonyl (C=O) groups excluding carboxylic acids is 1. The SMILES string of the molecule is CCN(CCc1nccs1)C(=O)c1ccc(C)c(C)c1. The predicted octanol–water partition coefficient (Wildman–Crippen LogP) is 3.46. The minimum absolute atomic E-state index is 0.104. The van der Waals surface area contributed by atoms with E-state index in [2.05, 4.69) is 11.9 Å². The van der Waals surface area contributed by atoms with Crippen molar-refractivity contribution in [1.82, 2.24) is 9.88 Å². The standard InChI is InChI=1S/C16H20N2OS/c1-4-18(9-7-15-17-8-10-20-15)16(19)14-6-5-12(2)13(3)11-14/h5-6,8,10-11H,4,7,9H2,1-3H3. The highest BCUT2D eigenvalue weighted by atomic mass is 32.1. The van der Waals surface area contributed by atoms with Gasteiger partial charge in [-0.15, -0.1) is 11.3 Å². The Morgan fingerprint density at radius 2 is 2.10 bits per heavy atom. The summed E-state index contributed by atoms with van der Waals surface area (Å²) >= 11 is 1.64. The van der Waals surface area contributed by atoms with Gasteiger partial charge in [0.05, 0.1) is 5.01 Å². The molecule has 0 unspecified atom stereocenters. The number of hydrogen-bond acceptors (Lipinski definition) is 3. The van der Waals surface area contributed by atoms with Crippen molar-refractivity contribution in [3.8, 4) is 0 Å². The van der Waals surface area contributed by atoms with Gasteiger partial charge in [-0.1, -0.05) is 6.07 Å². The lowest BCUT2D eigenvalue weighted by atomic mass is 10.1. The zero-order chi connectivity index (χ0) is 14.5. The van der Waals surface area contributed by atoms with E-state index in [-0.39, 0.29) is 5.91 Å². The summed E-state index contributed by atoms with van der Waals surface area (Å²) < 4.78 is 0. The van der Waals surface area contributed by atoms with Gasteiger partial charge in [0.15, 0.2) is 0 Å². The number of rotatable bonds is 5. The fourth-order valence-corrected chi connectivity index (χ4v) is 2.68. The summed E-state index contributed by atoms with van der Waals surface area (Å²) in [5.74, 6) is 0.104. The van der Waals surface area contributed by atoms with Crippen LogP contribution in [-0.4, -0.2) is 28.9 Å². The Morgan fingerprint density at radius 3 is 2.70 bits per heavy atom. The van der Waals surface area contributed by atoms with Crippen LogP contribution in [0.1, 0.15) is 33.4 Å². The van der Waals surface area contributed by atoms with Crippen molar-refractivity contribution in [2.24, 2.45) is 0 Å². The summed E-state index contributed by atoms with van der Waals surface area (Å²) in [6, 6.07) is 5.90. The van der Waals surface area contributed by atoms with Gasteiger partial charge in [-0.25, -0.2) is 4.98 Å². The van der Waals surface area contributed by atoms with Gasteiger partial charge >= 0.3 is 0 Å². The highest BCUT2D eigenvalue weighted by Crippen LogP contribution is 2.13. The van der Waals surface area contributed by atoms with Gasteiger partial charge < -0.3 is 4.90 Å². The number of carbonyl (C=O) groups is 1. The molecule has 0 saturated carbocycles. The van der Waals surface area contributed by atoms with Crippen molar-refractivity contribution in [3.05, 3.63) is 51.5 Å². The molecule has 1 aromatic carbocycles. The van der Waals surface area contributed by atoms with Crippen LogP contribution >= 0.6 is 11.3 Å². The Labute approximate surface area is 124 Å². The van der Waals surface area contributed by atoms with E-state index in [1.165, 1.54) is 5.56 Å². The van der Waals surface area contributed by atoms with Crippen LogP contribution in [0.25, 0.3) is 0 Å². The lowest BCUT2D eigenvalue weighted by Gasteiger charge is -2.20. The molecule has 3 nitrogen and oxygen atoms in total. The zero-order valence-electron chi connectivity index (χ0n) is 12.2. The van der Waals surface area contributed by atoms with Crippen LogP contribution in [0.4, 0.5) is 0 Å². The summed E-state index contributed by atoms with van der Waals surface area (Å²) in [5, 5.41) is 3.05. The first-order chi connectivity index (χ1) is 9.61. The molecule has 4 heteroatoms. The van der Waals surface area contributed by atoms with Crippen molar-refractivity contribution in [2.45, 2.75) is 27.2 Å². The zero-order valence-corrected chi connectivity index (χ0v) is 13.0. The lowest BCUT2D eigenvalue weighted by molar-refractivity contribution is 0.0766. The number of thiazole rings is 1. The molecule has 1 heterocycles. The minimum Gasteiger partial charge on any atom is -0.339 e. The van der Waals surface area contributed by atoms with Crippen LogP contribution in [0.2, 0.25) is 0 Å². The molecule has 0 radical (unpaired) electrons. The summed E-state index contributed by atoms with van der Waals surface area (Å²) in [5.41, 5.74) is 3.15. The third-order valence-corrected chi connectivity index (χ3v) is 4.34. The van der Waals surface area contributed by atoms with Gasteiger partial charge in [0.2, 0.25) is 0 Å². The molecule has 2 rings (SSSR count). The van der Waals surface area contributed by atoms with Crippen LogP contribution in [0.15, 0.2) is 29.8 Å². The average molecular weight is 288 g/mol. The number of aromatic nitrogens is 1. The first-order valence-corrected chi connectivity index (χ1v) is 7.74. The number of likely N-dealkylation sites (N-methyl/N-ethyl adjacent to an activating group) is 1. The molecule has 0 aliphatic rings. The fourth-order valence-electron chi connectivity index (χ4n) is 2.07. The van der Waals surface area contributed by atoms with Crippen LogP contribution in [0.3, 0.4) is 0 Å². The van der Waals surface area contributed by atoms with Gasteiger partial charge in [-0.2, -0.15) is 0 Å². The molecule has 0 bridgehead atoms. The Balaban J connectivity index is 2.06. The third-order valence-electron chi connectivity index (χ3n) is 3.50. The van der Waals surface area contributed by atoms with E-state index in [0.717, 1.165) is 35.6 Å². The van der Waals surface area contributed by atoms with E-state index < -0.39 is 0 Å². The fraction of sp³-hybridized carbons (Fsp3) is 0.375. The van der Waals surface area contributed by atoms with Crippen LogP contribution in [0, 0.1) is 13.8 Å². The predicted molar refractivity (Wildman–Crippen MR) is 83.3 cm³/mol. The van der Waals surface area contributed by atoms with Crippen molar-refractivity contribution in [2.75, 3.05) is 13.1 Å². The Kier molecular flexibility index (Phi) is 4.90. The number of benzene rings is 1. The second-order valence-electron chi connectivity index (χ2n) is 4.86. The normalized spacial score (nSPS) is 10.6. The van der Waals surface area contributed by atoms with Crippen LogP contribution in [0.5, 0.6) is 0 Å². The number of nitrogens with zero attached hydrogens (tertiary/aromatic N) is 2. The first kappa shape index (κ1) is 14.7. The van der Waals surface area contributed by atoms with E-state index in [1.807, 2.05) is 42.3 Å². The summed E-state index contributed by atoms with van der Waals surface area (Å²) in [4.78, 5) is 18.6. The van der Waals surface area contributed by atoms with Crippen molar-refractivity contribution >= 4 is 17.2 Å². The van der Waals surface area contributed by atoms with Crippen LogP contribution in [-0.2, 0) is 6.42 Å². The molecule has 0 fully saturated rings. The van der Waals surface area contributed by atoms with Crippen molar-refractivity contribution in [3.63, 3.8) is 0 Å². The van der Waals surface area contributed by atoms with Gasteiger partial charge in [-0.05, 0) is 44.0 Å². The second kappa shape index (κ2) is 6.66. The quantitative estimate of drug-likeness (QED) is 0.844. The maximum absolute atomic E-state index is 12.5. The first-order valence-electron chi connectivity index (χ1n) is 6.86. The smallest absolute Gasteiger partial charge is 0.253 e. The third kappa shape index (κ3) is 3.45. The largest absolute Gasteiger partial charge is 0.339 e. The topological polar surface area (TPSA) is 33.2 Å². The number of hydrogen-bond donors (Lipinski definition) is 0. The molecule has 0 spiro atoms. The van der Waals surface area contributed by atoms with E-state index in [1.54, 1.807) is 17.5 Å². The monoisotopic (exact) mass is 288 g/mol. The van der Waals surface area contributed by atoms with Gasteiger partial charge in [0, 0.05) is 36.7 Å². The molecular weight excluding hydrogens is 268 g/mol. The summed E-state index contributed by atoms with van der Waals surface area (Å²) in [7, 11) is 0. The lowest BCUT2D eigenvalue weighted by Crippen LogP contribution is -2.32. The molecule has 0 N–H and O–H groups in total. The van der Waals surface area contributed by atoms with Crippen LogP contribution < -0.4 is 0 Å². The molecule has 0 aliphatic carbocycles. The summed E-state index contributed by atoms with van der Waals surface area (Å²) in [6.07, 6.45) is 2.63. The molecule has 2 aromatic rings. The maximum atomic E-state index is 12.5. The van der Waals surface area contributed by atoms with Gasteiger partial charge in [0.1, 0.15) is 0 Å². The molecule has 1 amide bonds. The molecular formula is C16H20N2OS. The molecule has 106 valence electrons. The van der Waals surface area contributed by atoms with E-state index >= 15 is 0 Å². The Morgan fingerprint density at radius 1 is 1.30 bits per heavy atom. The molecule has 0 aliphatic heterocycles. The molecule has 0 saturated heterocycles. The second-order valence-corrected chi connectivity index (χ2v) is 5.84. The van der Waals surface area contributed by atoms with Crippen molar-refractivity contribution < 1.29 is 4.79 Å². The van der Waals surface area contributed by atoms with E-state index in [4.69, 9.17) is 0 Å².